The van der Waals surface area contributed by atoms with E-state index in [1.54, 1.807) is 11.8 Å². The van der Waals surface area contributed by atoms with Crippen molar-refractivity contribution in [3.05, 3.63) is 42.5 Å². The molecule has 0 bridgehead atoms. The SMILES string of the molecule is CSc1ccc(-c2cccc(NC(C)C3CCCOO3)n2)cc1. The lowest BCUT2D eigenvalue weighted by atomic mass is 10.1. The highest BCUT2D eigenvalue weighted by atomic mass is 32.2. The molecule has 1 aliphatic rings. The summed E-state index contributed by atoms with van der Waals surface area (Å²) < 4.78 is 0. The molecule has 2 unspecified atom stereocenters. The number of pyridine rings is 1. The zero-order chi connectivity index (χ0) is 16.1. The van der Waals surface area contributed by atoms with Crippen molar-refractivity contribution in [1.82, 2.24) is 4.98 Å². The summed E-state index contributed by atoms with van der Waals surface area (Å²) in [6.07, 6.45) is 4.18. The summed E-state index contributed by atoms with van der Waals surface area (Å²) in [4.78, 5) is 16.4. The van der Waals surface area contributed by atoms with Gasteiger partial charge in [0.25, 0.3) is 0 Å². The van der Waals surface area contributed by atoms with Crippen LogP contribution in [-0.4, -0.2) is 30.0 Å². The Morgan fingerprint density at radius 3 is 2.74 bits per heavy atom. The summed E-state index contributed by atoms with van der Waals surface area (Å²) in [6, 6.07) is 14.7. The fourth-order valence-corrected chi connectivity index (χ4v) is 3.03. The topological polar surface area (TPSA) is 43.4 Å². The van der Waals surface area contributed by atoms with Crippen LogP contribution in [0.3, 0.4) is 0 Å². The zero-order valence-corrected chi connectivity index (χ0v) is 14.3. The van der Waals surface area contributed by atoms with Crippen molar-refractivity contribution in [2.24, 2.45) is 0 Å². The lowest BCUT2D eigenvalue weighted by Crippen LogP contribution is -2.36. The summed E-state index contributed by atoms with van der Waals surface area (Å²) in [5, 5.41) is 3.42. The number of nitrogens with zero attached hydrogens (tertiary/aromatic N) is 1. The Morgan fingerprint density at radius 2 is 2.04 bits per heavy atom. The van der Waals surface area contributed by atoms with Crippen molar-refractivity contribution in [3.8, 4) is 11.3 Å². The second-order valence-corrected chi connectivity index (χ2v) is 6.55. The van der Waals surface area contributed by atoms with Gasteiger partial charge in [-0.15, -0.1) is 11.8 Å². The van der Waals surface area contributed by atoms with Gasteiger partial charge in [-0.25, -0.2) is 14.8 Å². The van der Waals surface area contributed by atoms with Gasteiger partial charge in [0.2, 0.25) is 0 Å². The van der Waals surface area contributed by atoms with Gasteiger partial charge in [0.1, 0.15) is 11.9 Å². The molecule has 122 valence electrons. The van der Waals surface area contributed by atoms with E-state index in [0.29, 0.717) is 6.61 Å². The van der Waals surface area contributed by atoms with E-state index in [-0.39, 0.29) is 12.1 Å². The van der Waals surface area contributed by atoms with Gasteiger partial charge in [-0.2, -0.15) is 0 Å². The van der Waals surface area contributed by atoms with Crippen LogP contribution in [0.25, 0.3) is 11.3 Å². The van der Waals surface area contributed by atoms with E-state index >= 15 is 0 Å². The van der Waals surface area contributed by atoms with Gasteiger partial charge in [-0.1, -0.05) is 18.2 Å². The van der Waals surface area contributed by atoms with E-state index in [9.17, 15) is 0 Å². The van der Waals surface area contributed by atoms with Gasteiger partial charge in [-0.3, -0.25) is 0 Å². The number of hydrogen-bond donors (Lipinski definition) is 1. The lowest BCUT2D eigenvalue weighted by Gasteiger charge is -2.27. The molecule has 0 spiro atoms. The summed E-state index contributed by atoms with van der Waals surface area (Å²) in [5.74, 6) is 0.859. The number of nitrogens with one attached hydrogen (secondary N) is 1. The third-order valence-electron chi connectivity index (χ3n) is 3.98. The van der Waals surface area contributed by atoms with Crippen LogP contribution in [0.4, 0.5) is 5.82 Å². The predicted octanol–water partition coefficient (Wildman–Crippen LogP) is 4.38. The first-order valence-electron chi connectivity index (χ1n) is 7.92. The quantitative estimate of drug-likeness (QED) is 0.651. The number of thioether (sulfide) groups is 1. The highest BCUT2D eigenvalue weighted by Gasteiger charge is 2.22. The minimum absolute atomic E-state index is 0.0649. The summed E-state index contributed by atoms with van der Waals surface area (Å²) in [5.41, 5.74) is 2.09. The Morgan fingerprint density at radius 1 is 1.22 bits per heavy atom. The average Bonchev–Trinajstić information content (AvgIpc) is 2.63. The monoisotopic (exact) mass is 330 g/mol. The Bertz CT molecular complexity index is 627. The molecular formula is C18H22N2O2S. The molecular weight excluding hydrogens is 308 g/mol. The van der Waals surface area contributed by atoms with E-state index in [4.69, 9.17) is 14.8 Å². The molecule has 1 aromatic heterocycles. The van der Waals surface area contributed by atoms with Gasteiger partial charge >= 0.3 is 0 Å². The van der Waals surface area contributed by atoms with E-state index in [1.807, 2.05) is 18.2 Å². The van der Waals surface area contributed by atoms with Gasteiger partial charge in [0.15, 0.2) is 0 Å². The van der Waals surface area contributed by atoms with Crippen LogP contribution >= 0.6 is 11.8 Å². The number of rotatable bonds is 5. The third kappa shape index (κ3) is 4.25. The fourth-order valence-electron chi connectivity index (χ4n) is 2.62. The maximum atomic E-state index is 5.36. The Balaban J connectivity index is 1.71. The molecule has 0 radical (unpaired) electrons. The fraction of sp³-hybridized carbons (Fsp3) is 0.389. The van der Waals surface area contributed by atoms with Crippen molar-refractivity contribution < 1.29 is 9.78 Å². The van der Waals surface area contributed by atoms with Crippen molar-refractivity contribution in [2.75, 3.05) is 18.2 Å². The van der Waals surface area contributed by atoms with Crippen LogP contribution in [-0.2, 0) is 9.78 Å². The molecule has 4 nitrogen and oxygen atoms in total. The minimum atomic E-state index is 0.0649. The molecule has 1 N–H and O–H groups in total. The van der Waals surface area contributed by atoms with E-state index in [2.05, 4.69) is 42.8 Å². The molecule has 3 rings (SSSR count). The smallest absolute Gasteiger partial charge is 0.126 e. The number of benzene rings is 1. The van der Waals surface area contributed by atoms with Crippen molar-refractivity contribution in [2.45, 2.75) is 36.8 Å². The normalized spacial score (nSPS) is 19.3. The molecule has 1 saturated heterocycles. The van der Waals surface area contributed by atoms with E-state index in [1.165, 1.54) is 4.90 Å². The Kier molecular flexibility index (Phi) is 5.54. The number of hydrogen-bond acceptors (Lipinski definition) is 5. The lowest BCUT2D eigenvalue weighted by molar-refractivity contribution is -0.346. The average molecular weight is 330 g/mol. The summed E-state index contributed by atoms with van der Waals surface area (Å²) in [7, 11) is 0. The van der Waals surface area contributed by atoms with Crippen LogP contribution in [0.15, 0.2) is 47.4 Å². The second kappa shape index (κ2) is 7.81. The maximum Gasteiger partial charge on any atom is 0.126 e. The first-order valence-corrected chi connectivity index (χ1v) is 9.15. The number of aromatic nitrogens is 1. The van der Waals surface area contributed by atoms with Crippen molar-refractivity contribution in [3.63, 3.8) is 0 Å². The van der Waals surface area contributed by atoms with Crippen LogP contribution in [0.1, 0.15) is 19.8 Å². The third-order valence-corrected chi connectivity index (χ3v) is 4.72. The van der Waals surface area contributed by atoms with Crippen LogP contribution in [0.5, 0.6) is 0 Å². The predicted molar refractivity (Wildman–Crippen MR) is 94.6 cm³/mol. The standard InChI is InChI=1S/C18H22N2O2S/c1-13(17-6-4-12-21-22-17)19-18-7-3-5-16(20-18)14-8-10-15(23-2)11-9-14/h3,5,7-11,13,17H,4,6,12H2,1-2H3,(H,19,20). The molecule has 0 saturated carbocycles. The van der Waals surface area contributed by atoms with E-state index in [0.717, 1.165) is 29.9 Å². The Hall–Kier alpha value is -1.56. The highest BCUT2D eigenvalue weighted by molar-refractivity contribution is 7.98. The molecule has 0 amide bonds. The maximum absolute atomic E-state index is 5.36. The molecule has 2 atom stereocenters. The van der Waals surface area contributed by atoms with Gasteiger partial charge in [-0.05, 0) is 50.3 Å². The summed E-state index contributed by atoms with van der Waals surface area (Å²) >= 11 is 1.74. The molecule has 1 aromatic carbocycles. The van der Waals surface area contributed by atoms with Crippen molar-refractivity contribution >= 4 is 17.6 Å². The largest absolute Gasteiger partial charge is 0.365 e. The number of anilines is 1. The molecule has 5 heteroatoms. The van der Waals surface area contributed by atoms with E-state index < -0.39 is 0 Å². The molecule has 1 fully saturated rings. The second-order valence-electron chi connectivity index (χ2n) is 5.67. The highest BCUT2D eigenvalue weighted by Crippen LogP contribution is 2.23. The van der Waals surface area contributed by atoms with Crippen LogP contribution in [0, 0.1) is 0 Å². The molecule has 1 aliphatic heterocycles. The summed E-state index contributed by atoms with van der Waals surface area (Å²) in [6.45, 7) is 2.78. The van der Waals surface area contributed by atoms with Crippen LogP contribution in [0.2, 0.25) is 0 Å². The zero-order valence-electron chi connectivity index (χ0n) is 13.5. The molecule has 0 aliphatic carbocycles. The van der Waals surface area contributed by atoms with Gasteiger partial charge in [0, 0.05) is 10.5 Å². The van der Waals surface area contributed by atoms with Gasteiger partial charge < -0.3 is 5.32 Å². The Labute approximate surface area is 141 Å². The molecule has 2 heterocycles. The first-order chi connectivity index (χ1) is 11.3. The van der Waals surface area contributed by atoms with Crippen LogP contribution < -0.4 is 5.32 Å². The minimum Gasteiger partial charge on any atom is -0.365 e. The van der Waals surface area contributed by atoms with Gasteiger partial charge in [0.05, 0.1) is 18.3 Å². The molecule has 2 aromatic rings. The van der Waals surface area contributed by atoms with Crippen molar-refractivity contribution in [1.29, 1.82) is 0 Å². The first kappa shape index (κ1) is 16.3. The molecule has 23 heavy (non-hydrogen) atoms.